The summed E-state index contributed by atoms with van der Waals surface area (Å²) in [4.78, 5) is 26.6. The molecular weight excluding hydrogens is 442 g/mol. The molecule has 3 fully saturated rings. The van der Waals surface area contributed by atoms with Crippen molar-refractivity contribution in [3.05, 3.63) is 24.7 Å². The average molecular weight is 478 g/mol. The molecule has 0 radical (unpaired) electrons. The largest absolute Gasteiger partial charge is 0.379 e. The van der Waals surface area contributed by atoms with Crippen molar-refractivity contribution in [3.63, 3.8) is 0 Å². The normalized spacial score (nSPS) is 20.9. The van der Waals surface area contributed by atoms with Crippen LogP contribution in [0.3, 0.4) is 0 Å². The van der Waals surface area contributed by atoms with Gasteiger partial charge in [0, 0.05) is 38.3 Å². The van der Waals surface area contributed by atoms with Crippen molar-refractivity contribution in [1.82, 2.24) is 29.8 Å². The monoisotopic (exact) mass is 477 g/mol. The SMILES string of the molecule is c1nc2c(NC3CCCCC3)nc(Nc3ccc(N4CCC(N5CCOCC5)CC4)cn3)nc2[nH]1. The van der Waals surface area contributed by atoms with E-state index in [-0.39, 0.29) is 0 Å². The van der Waals surface area contributed by atoms with Gasteiger partial charge in [0.25, 0.3) is 0 Å². The van der Waals surface area contributed by atoms with Gasteiger partial charge < -0.3 is 25.3 Å². The molecular formula is C25H35N9O. The van der Waals surface area contributed by atoms with E-state index in [4.69, 9.17) is 9.72 Å². The number of nitrogens with zero attached hydrogens (tertiary/aromatic N) is 6. The molecule has 2 saturated heterocycles. The minimum atomic E-state index is 0.441. The molecule has 0 bridgehead atoms. The van der Waals surface area contributed by atoms with Gasteiger partial charge in [0.1, 0.15) is 11.3 Å². The van der Waals surface area contributed by atoms with Crippen molar-refractivity contribution < 1.29 is 4.74 Å². The van der Waals surface area contributed by atoms with E-state index in [1.54, 1.807) is 6.33 Å². The van der Waals surface area contributed by atoms with Crippen LogP contribution in [0.2, 0.25) is 0 Å². The average Bonchev–Trinajstić information content (AvgIpc) is 3.40. The molecule has 3 aromatic heterocycles. The minimum absolute atomic E-state index is 0.441. The number of H-pyrrole nitrogens is 1. The third-order valence-corrected chi connectivity index (χ3v) is 7.60. The molecule has 1 saturated carbocycles. The molecule has 2 aliphatic heterocycles. The first-order valence-corrected chi connectivity index (χ1v) is 13.1. The van der Waals surface area contributed by atoms with Gasteiger partial charge in [-0.05, 0) is 37.8 Å². The first kappa shape index (κ1) is 22.5. The lowest BCUT2D eigenvalue weighted by atomic mass is 9.95. The van der Waals surface area contributed by atoms with Crippen molar-refractivity contribution in [2.75, 3.05) is 54.9 Å². The fraction of sp³-hybridized carbons (Fsp3) is 0.600. The third kappa shape index (κ3) is 5.18. The van der Waals surface area contributed by atoms with E-state index >= 15 is 0 Å². The molecule has 3 aliphatic rings. The van der Waals surface area contributed by atoms with E-state index in [1.807, 2.05) is 12.3 Å². The Morgan fingerprint density at radius 3 is 2.51 bits per heavy atom. The zero-order chi connectivity index (χ0) is 23.5. The Morgan fingerprint density at radius 1 is 0.914 bits per heavy atom. The Labute approximate surface area is 205 Å². The lowest BCUT2D eigenvalue weighted by molar-refractivity contribution is 0.0115. The second-order valence-electron chi connectivity index (χ2n) is 9.87. The number of hydrogen-bond donors (Lipinski definition) is 3. The van der Waals surface area contributed by atoms with Gasteiger partial charge in [-0.1, -0.05) is 19.3 Å². The topological polar surface area (TPSA) is 107 Å². The summed E-state index contributed by atoms with van der Waals surface area (Å²) in [6, 6.07) is 5.27. The standard InChI is InChI=1S/C25H35N9O/c1-2-4-18(5-3-1)29-24-22-23(28-17-27-22)31-25(32-24)30-21-7-6-20(16-26-21)33-10-8-19(9-11-33)34-12-14-35-15-13-34/h6-7,16-19H,1-5,8-15H2,(H3,26,27,28,29,30,31,32). The summed E-state index contributed by atoms with van der Waals surface area (Å²) in [7, 11) is 0. The van der Waals surface area contributed by atoms with Gasteiger partial charge in [-0.2, -0.15) is 9.97 Å². The van der Waals surface area contributed by atoms with Crippen LogP contribution >= 0.6 is 0 Å². The Kier molecular flexibility index (Phi) is 6.64. The van der Waals surface area contributed by atoms with Crippen LogP contribution in [0.5, 0.6) is 0 Å². The smallest absolute Gasteiger partial charge is 0.232 e. The van der Waals surface area contributed by atoms with Crippen LogP contribution in [-0.2, 0) is 4.74 Å². The van der Waals surface area contributed by atoms with Crippen molar-refractivity contribution in [1.29, 1.82) is 0 Å². The lowest BCUT2D eigenvalue weighted by Crippen LogP contribution is -2.49. The number of aromatic nitrogens is 5. The predicted molar refractivity (Wildman–Crippen MR) is 137 cm³/mol. The molecule has 10 nitrogen and oxygen atoms in total. The second-order valence-corrected chi connectivity index (χ2v) is 9.87. The van der Waals surface area contributed by atoms with Gasteiger partial charge in [-0.15, -0.1) is 0 Å². The summed E-state index contributed by atoms with van der Waals surface area (Å²) < 4.78 is 5.51. The Morgan fingerprint density at radius 2 is 1.74 bits per heavy atom. The first-order valence-electron chi connectivity index (χ1n) is 13.1. The van der Waals surface area contributed by atoms with Crippen molar-refractivity contribution in [2.45, 2.75) is 57.0 Å². The summed E-state index contributed by atoms with van der Waals surface area (Å²) >= 11 is 0. The summed E-state index contributed by atoms with van der Waals surface area (Å²) in [5, 5.41) is 6.89. The fourth-order valence-corrected chi connectivity index (χ4v) is 5.63. The zero-order valence-corrected chi connectivity index (χ0v) is 20.2. The maximum Gasteiger partial charge on any atom is 0.232 e. The van der Waals surface area contributed by atoms with Crippen LogP contribution in [0.15, 0.2) is 24.7 Å². The highest BCUT2D eigenvalue weighted by atomic mass is 16.5. The molecule has 3 N–H and O–H groups in total. The molecule has 1 aliphatic carbocycles. The molecule has 0 spiro atoms. The van der Waals surface area contributed by atoms with Gasteiger partial charge in [0.15, 0.2) is 11.5 Å². The summed E-state index contributed by atoms with van der Waals surface area (Å²) in [5.74, 6) is 2.04. The van der Waals surface area contributed by atoms with Gasteiger partial charge in [-0.3, -0.25) is 4.90 Å². The number of piperidine rings is 1. The van der Waals surface area contributed by atoms with Gasteiger partial charge in [-0.25, -0.2) is 9.97 Å². The number of nitrogens with one attached hydrogen (secondary N) is 3. The van der Waals surface area contributed by atoms with Gasteiger partial charge in [0.05, 0.1) is 31.4 Å². The summed E-state index contributed by atoms with van der Waals surface area (Å²) in [5.41, 5.74) is 2.67. The van der Waals surface area contributed by atoms with E-state index in [0.717, 1.165) is 62.2 Å². The molecule has 5 heterocycles. The molecule has 0 atom stereocenters. The number of imidazole rings is 1. The van der Waals surface area contributed by atoms with Crippen molar-refractivity contribution in [2.24, 2.45) is 0 Å². The second kappa shape index (κ2) is 10.3. The predicted octanol–water partition coefficient (Wildman–Crippen LogP) is 3.54. The first-order chi connectivity index (χ1) is 17.3. The number of rotatable bonds is 6. The van der Waals surface area contributed by atoms with Crippen LogP contribution in [0.4, 0.5) is 23.3 Å². The van der Waals surface area contributed by atoms with Gasteiger partial charge in [0.2, 0.25) is 5.95 Å². The molecule has 0 aromatic carbocycles. The maximum atomic E-state index is 5.51. The van der Waals surface area contributed by atoms with Gasteiger partial charge >= 0.3 is 0 Å². The molecule has 0 amide bonds. The third-order valence-electron chi connectivity index (χ3n) is 7.60. The summed E-state index contributed by atoms with van der Waals surface area (Å²) in [6.07, 6.45) is 12.2. The highest BCUT2D eigenvalue weighted by Crippen LogP contribution is 2.27. The van der Waals surface area contributed by atoms with Crippen LogP contribution in [0, 0.1) is 0 Å². The number of hydrogen-bond acceptors (Lipinski definition) is 9. The van der Waals surface area contributed by atoms with Crippen LogP contribution in [-0.4, -0.2) is 81.3 Å². The highest BCUT2D eigenvalue weighted by molar-refractivity contribution is 5.84. The quantitative estimate of drug-likeness (QED) is 0.491. The number of pyridine rings is 1. The number of aromatic amines is 1. The van der Waals surface area contributed by atoms with E-state index in [0.29, 0.717) is 18.0 Å². The van der Waals surface area contributed by atoms with Crippen LogP contribution < -0.4 is 15.5 Å². The molecule has 0 unspecified atom stereocenters. The Balaban J connectivity index is 1.10. The van der Waals surface area contributed by atoms with Crippen molar-refractivity contribution >= 4 is 34.4 Å². The molecule has 6 rings (SSSR count). The van der Waals surface area contributed by atoms with Crippen LogP contribution in [0.1, 0.15) is 44.9 Å². The van der Waals surface area contributed by atoms with E-state index in [1.165, 1.54) is 50.6 Å². The number of morpholine rings is 1. The molecule has 10 heteroatoms. The minimum Gasteiger partial charge on any atom is -0.379 e. The van der Waals surface area contributed by atoms with E-state index in [9.17, 15) is 0 Å². The lowest BCUT2D eigenvalue weighted by Gasteiger charge is -2.40. The Hall–Kier alpha value is -2.98. The van der Waals surface area contributed by atoms with E-state index < -0.39 is 0 Å². The fourth-order valence-electron chi connectivity index (χ4n) is 5.63. The molecule has 35 heavy (non-hydrogen) atoms. The zero-order valence-electron chi connectivity index (χ0n) is 20.2. The number of anilines is 4. The highest BCUT2D eigenvalue weighted by Gasteiger charge is 2.26. The molecule has 186 valence electrons. The number of fused-ring (bicyclic) bond motifs is 1. The molecule has 3 aromatic rings. The number of ether oxygens (including phenoxy) is 1. The van der Waals surface area contributed by atoms with Crippen LogP contribution in [0.25, 0.3) is 11.2 Å². The van der Waals surface area contributed by atoms with Crippen molar-refractivity contribution in [3.8, 4) is 0 Å². The maximum absolute atomic E-state index is 5.51. The van der Waals surface area contributed by atoms with E-state index in [2.05, 4.69) is 46.4 Å². The summed E-state index contributed by atoms with van der Waals surface area (Å²) in [6.45, 7) is 5.99. The Bertz CT molecular complexity index is 1100.